The van der Waals surface area contributed by atoms with Crippen LogP contribution >= 0.6 is 11.8 Å². The van der Waals surface area contributed by atoms with Crippen LogP contribution in [0, 0.1) is 0 Å². The molecule has 2 aromatic rings. The van der Waals surface area contributed by atoms with Crippen molar-refractivity contribution in [3.8, 4) is 11.5 Å². The molecule has 1 atom stereocenters. The molecule has 106 valence electrons. The van der Waals surface area contributed by atoms with Crippen LogP contribution in [-0.4, -0.2) is 29.2 Å². The molecule has 0 aromatic heterocycles. The highest BCUT2D eigenvalue weighted by molar-refractivity contribution is 7.99. The molecule has 2 aromatic carbocycles. The number of rotatable bonds is 6. The van der Waals surface area contributed by atoms with E-state index in [2.05, 4.69) is 0 Å². The summed E-state index contributed by atoms with van der Waals surface area (Å²) in [6.07, 6.45) is -0.110. The van der Waals surface area contributed by atoms with Crippen LogP contribution in [0.5, 0.6) is 11.5 Å². The third-order valence-corrected chi connectivity index (χ3v) is 4.10. The summed E-state index contributed by atoms with van der Waals surface area (Å²) < 4.78 is 5.06. The van der Waals surface area contributed by atoms with Gasteiger partial charge < -0.3 is 14.9 Å². The van der Waals surface area contributed by atoms with Crippen molar-refractivity contribution in [1.82, 2.24) is 0 Å². The molecular weight excluding hydrogens is 272 g/mol. The number of benzene rings is 2. The topological polar surface area (TPSA) is 49.7 Å². The number of ether oxygens (including phenoxy) is 1. The Morgan fingerprint density at radius 2 is 1.85 bits per heavy atom. The summed E-state index contributed by atoms with van der Waals surface area (Å²) in [6, 6.07) is 15.3. The van der Waals surface area contributed by atoms with Crippen LogP contribution < -0.4 is 4.74 Å². The van der Waals surface area contributed by atoms with Crippen molar-refractivity contribution in [1.29, 1.82) is 0 Å². The molecule has 2 rings (SSSR count). The lowest BCUT2D eigenvalue weighted by Crippen LogP contribution is -2.13. The van der Waals surface area contributed by atoms with E-state index in [9.17, 15) is 10.2 Å². The van der Waals surface area contributed by atoms with Crippen LogP contribution in [0.4, 0.5) is 0 Å². The summed E-state index contributed by atoms with van der Waals surface area (Å²) in [5.74, 6) is 1.13. The second-order valence-electron chi connectivity index (χ2n) is 4.45. The van der Waals surface area contributed by atoms with Crippen LogP contribution in [-0.2, 0) is 6.42 Å². The Morgan fingerprint density at radius 1 is 1.10 bits per heavy atom. The number of aromatic hydroxyl groups is 1. The predicted octanol–water partition coefficient (Wildman–Crippen LogP) is 3.10. The van der Waals surface area contributed by atoms with E-state index in [0.29, 0.717) is 23.5 Å². The van der Waals surface area contributed by atoms with Gasteiger partial charge in [0.25, 0.3) is 0 Å². The largest absolute Gasteiger partial charge is 0.504 e. The molecule has 3 nitrogen and oxygen atoms in total. The van der Waals surface area contributed by atoms with Crippen LogP contribution in [0.3, 0.4) is 0 Å². The summed E-state index contributed by atoms with van der Waals surface area (Å²) in [4.78, 5) is 1.13. The fourth-order valence-corrected chi connectivity index (χ4v) is 2.77. The molecule has 0 saturated heterocycles. The van der Waals surface area contributed by atoms with Gasteiger partial charge in [0.2, 0.25) is 0 Å². The minimum absolute atomic E-state index is 0.110. The van der Waals surface area contributed by atoms with Gasteiger partial charge in [0, 0.05) is 22.6 Å². The summed E-state index contributed by atoms with van der Waals surface area (Å²) in [5.41, 5.74) is 0.700. The van der Waals surface area contributed by atoms with Crippen molar-refractivity contribution in [2.45, 2.75) is 17.4 Å². The molecule has 0 heterocycles. The first-order chi connectivity index (χ1) is 9.70. The van der Waals surface area contributed by atoms with E-state index in [4.69, 9.17) is 4.74 Å². The third-order valence-electron chi connectivity index (χ3n) is 2.94. The SMILES string of the molecule is COc1cccc(CC(O)CSc2ccccc2)c1O. The second kappa shape index (κ2) is 7.22. The van der Waals surface area contributed by atoms with Gasteiger partial charge in [-0.3, -0.25) is 0 Å². The van der Waals surface area contributed by atoms with Crippen LogP contribution in [0.15, 0.2) is 53.4 Å². The molecular formula is C16H18O3S. The number of phenols is 1. The smallest absolute Gasteiger partial charge is 0.161 e. The summed E-state index contributed by atoms with van der Waals surface area (Å²) in [6.45, 7) is 0. The first-order valence-electron chi connectivity index (χ1n) is 6.41. The maximum atomic E-state index is 10.1. The fraction of sp³-hybridized carbons (Fsp3) is 0.250. The molecule has 0 amide bonds. The number of phenolic OH excluding ortho intramolecular Hbond substituents is 1. The number of methoxy groups -OCH3 is 1. The molecule has 0 fully saturated rings. The molecule has 1 unspecified atom stereocenters. The Bertz CT molecular complexity index is 543. The van der Waals surface area contributed by atoms with Gasteiger partial charge in [-0.2, -0.15) is 0 Å². The average Bonchev–Trinajstić information content (AvgIpc) is 2.48. The zero-order valence-corrected chi connectivity index (χ0v) is 12.1. The number of hydrogen-bond acceptors (Lipinski definition) is 4. The zero-order valence-electron chi connectivity index (χ0n) is 11.3. The minimum Gasteiger partial charge on any atom is -0.504 e. The quantitative estimate of drug-likeness (QED) is 0.803. The first-order valence-corrected chi connectivity index (χ1v) is 7.40. The van der Waals surface area contributed by atoms with Crippen molar-refractivity contribution in [3.63, 3.8) is 0 Å². The Kier molecular flexibility index (Phi) is 5.32. The van der Waals surface area contributed by atoms with Crippen LogP contribution in [0.2, 0.25) is 0 Å². The van der Waals surface area contributed by atoms with Gasteiger partial charge >= 0.3 is 0 Å². The highest BCUT2D eigenvalue weighted by atomic mass is 32.2. The highest BCUT2D eigenvalue weighted by Gasteiger charge is 2.12. The molecule has 2 N–H and O–H groups in total. The van der Waals surface area contributed by atoms with Crippen molar-refractivity contribution in [2.75, 3.05) is 12.9 Å². The van der Waals surface area contributed by atoms with Gasteiger partial charge in [-0.1, -0.05) is 30.3 Å². The van der Waals surface area contributed by atoms with Gasteiger partial charge in [-0.25, -0.2) is 0 Å². The Morgan fingerprint density at radius 3 is 2.55 bits per heavy atom. The third kappa shape index (κ3) is 3.92. The van der Waals surface area contributed by atoms with Crippen molar-refractivity contribution >= 4 is 11.8 Å². The predicted molar refractivity (Wildman–Crippen MR) is 81.5 cm³/mol. The van der Waals surface area contributed by atoms with Crippen molar-refractivity contribution in [2.24, 2.45) is 0 Å². The van der Waals surface area contributed by atoms with E-state index in [-0.39, 0.29) is 5.75 Å². The average molecular weight is 290 g/mol. The van der Waals surface area contributed by atoms with Crippen LogP contribution in [0.1, 0.15) is 5.56 Å². The Hall–Kier alpha value is -1.65. The molecule has 0 bridgehead atoms. The molecule has 0 aliphatic rings. The van der Waals surface area contributed by atoms with E-state index < -0.39 is 6.10 Å². The Labute approximate surface area is 123 Å². The van der Waals surface area contributed by atoms with E-state index in [1.165, 1.54) is 7.11 Å². The minimum atomic E-state index is -0.516. The van der Waals surface area contributed by atoms with E-state index in [1.807, 2.05) is 36.4 Å². The van der Waals surface area contributed by atoms with E-state index in [1.54, 1.807) is 23.9 Å². The van der Waals surface area contributed by atoms with Gasteiger partial charge in [-0.05, 0) is 18.2 Å². The molecule has 0 aliphatic carbocycles. The standard InChI is InChI=1S/C16H18O3S/c1-19-15-9-5-6-12(16(15)18)10-13(17)11-20-14-7-3-2-4-8-14/h2-9,13,17-18H,10-11H2,1H3. The summed E-state index contributed by atoms with van der Waals surface area (Å²) in [5, 5.41) is 20.1. The van der Waals surface area contributed by atoms with E-state index in [0.717, 1.165) is 4.90 Å². The molecule has 4 heteroatoms. The molecule has 0 saturated carbocycles. The van der Waals surface area contributed by atoms with Gasteiger partial charge in [-0.15, -0.1) is 11.8 Å². The molecule has 20 heavy (non-hydrogen) atoms. The lowest BCUT2D eigenvalue weighted by Gasteiger charge is -2.13. The normalized spacial score (nSPS) is 12.1. The maximum Gasteiger partial charge on any atom is 0.161 e. The summed E-state index contributed by atoms with van der Waals surface area (Å²) in [7, 11) is 1.51. The number of hydrogen-bond donors (Lipinski definition) is 2. The lowest BCUT2D eigenvalue weighted by atomic mass is 10.1. The fourth-order valence-electron chi connectivity index (χ4n) is 1.92. The monoisotopic (exact) mass is 290 g/mol. The second-order valence-corrected chi connectivity index (χ2v) is 5.54. The number of aliphatic hydroxyl groups excluding tert-OH is 1. The van der Waals surface area contributed by atoms with Gasteiger partial charge in [0.1, 0.15) is 0 Å². The summed E-state index contributed by atoms with van der Waals surface area (Å²) >= 11 is 1.60. The van der Waals surface area contributed by atoms with Crippen LogP contribution in [0.25, 0.3) is 0 Å². The zero-order chi connectivity index (χ0) is 14.4. The number of aliphatic hydroxyl groups is 1. The van der Waals surface area contributed by atoms with Crippen molar-refractivity contribution in [3.05, 3.63) is 54.1 Å². The highest BCUT2D eigenvalue weighted by Crippen LogP contribution is 2.30. The number of thioether (sulfide) groups is 1. The molecule has 0 radical (unpaired) electrons. The molecule has 0 aliphatic heterocycles. The van der Waals surface area contributed by atoms with Crippen molar-refractivity contribution < 1.29 is 14.9 Å². The Balaban J connectivity index is 1.93. The number of para-hydroxylation sites is 1. The van der Waals surface area contributed by atoms with Gasteiger partial charge in [0.05, 0.1) is 13.2 Å². The first kappa shape index (κ1) is 14.8. The lowest BCUT2D eigenvalue weighted by molar-refractivity contribution is 0.198. The van der Waals surface area contributed by atoms with E-state index >= 15 is 0 Å². The maximum absolute atomic E-state index is 10.1. The molecule has 0 spiro atoms. The van der Waals surface area contributed by atoms with Gasteiger partial charge in [0.15, 0.2) is 11.5 Å².